The lowest BCUT2D eigenvalue weighted by Gasteiger charge is -2.11. The van der Waals surface area contributed by atoms with E-state index in [0.29, 0.717) is 27.7 Å². The Labute approximate surface area is 197 Å². The second-order valence-corrected chi connectivity index (χ2v) is 8.19. The predicted octanol–water partition coefficient (Wildman–Crippen LogP) is 6.40. The third-order valence-corrected chi connectivity index (χ3v) is 5.61. The summed E-state index contributed by atoms with van der Waals surface area (Å²) in [6.45, 7) is 3.92. The minimum absolute atomic E-state index is 0.0670. The van der Waals surface area contributed by atoms with Gasteiger partial charge in [0.1, 0.15) is 0 Å². The Balaban J connectivity index is 1.44. The highest BCUT2D eigenvalue weighted by atomic mass is 35.5. The molecule has 0 saturated heterocycles. The van der Waals surface area contributed by atoms with Gasteiger partial charge in [-0.1, -0.05) is 36.7 Å². The monoisotopic (exact) mass is 458 g/mol. The number of hydrogen-bond acceptors (Lipinski definition) is 3. The molecule has 7 heteroatoms. The van der Waals surface area contributed by atoms with Gasteiger partial charge < -0.3 is 15.6 Å². The molecule has 2 aromatic carbocycles. The van der Waals surface area contributed by atoms with Gasteiger partial charge in [-0.2, -0.15) is 0 Å². The van der Waals surface area contributed by atoms with Gasteiger partial charge in [-0.25, -0.2) is 4.79 Å². The third-order valence-electron chi connectivity index (χ3n) is 5.36. The average molecular weight is 459 g/mol. The maximum absolute atomic E-state index is 12.9. The van der Waals surface area contributed by atoms with E-state index in [1.54, 1.807) is 36.5 Å². The first-order chi connectivity index (χ1) is 15.9. The number of para-hydroxylation sites is 1. The van der Waals surface area contributed by atoms with Gasteiger partial charge in [-0.05, 0) is 67.1 Å². The highest BCUT2D eigenvalue weighted by Crippen LogP contribution is 2.26. The van der Waals surface area contributed by atoms with E-state index in [-0.39, 0.29) is 17.7 Å². The molecule has 2 amide bonds. The SMILES string of the molecule is Cc1cc(C(C)c2ccc(NC(=O)Nc3ccccc3)cn2)[nH]c1C(=O)c1ccc(Cl)cc1. The van der Waals surface area contributed by atoms with E-state index >= 15 is 0 Å². The van der Waals surface area contributed by atoms with Gasteiger partial charge in [0.25, 0.3) is 0 Å². The summed E-state index contributed by atoms with van der Waals surface area (Å²) in [5.41, 5.74) is 4.99. The molecule has 33 heavy (non-hydrogen) atoms. The van der Waals surface area contributed by atoms with Gasteiger partial charge in [0.2, 0.25) is 5.78 Å². The number of ketones is 1. The number of aryl methyl sites for hydroxylation is 1. The van der Waals surface area contributed by atoms with Crippen LogP contribution in [0.25, 0.3) is 0 Å². The summed E-state index contributed by atoms with van der Waals surface area (Å²) in [5.74, 6) is -0.151. The van der Waals surface area contributed by atoms with Gasteiger partial charge in [-0.3, -0.25) is 9.78 Å². The first-order valence-corrected chi connectivity index (χ1v) is 10.9. The van der Waals surface area contributed by atoms with Crippen LogP contribution in [0.15, 0.2) is 79.0 Å². The molecule has 1 unspecified atom stereocenters. The molecule has 0 aliphatic carbocycles. The Morgan fingerprint density at radius 3 is 2.30 bits per heavy atom. The van der Waals surface area contributed by atoms with Crippen molar-refractivity contribution in [3.63, 3.8) is 0 Å². The lowest BCUT2D eigenvalue weighted by molar-refractivity contribution is 0.103. The third kappa shape index (κ3) is 5.30. The van der Waals surface area contributed by atoms with E-state index in [4.69, 9.17) is 11.6 Å². The smallest absolute Gasteiger partial charge is 0.323 e. The summed E-state index contributed by atoms with van der Waals surface area (Å²) in [6, 6.07) is 21.3. The Morgan fingerprint density at radius 1 is 0.939 bits per heavy atom. The standard InChI is InChI=1S/C26H23ClN4O2/c1-16-14-23(31-24(16)25(32)18-8-10-19(27)11-9-18)17(2)22-13-12-21(15-28-22)30-26(33)29-20-6-4-3-5-7-20/h3-15,17,31H,1-2H3,(H2,29,30,33). The average Bonchev–Trinajstić information content (AvgIpc) is 3.21. The van der Waals surface area contributed by atoms with Crippen molar-refractivity contribution in [1.29, 1.82) is 0 Å². The number of carbonyl (C=O) groups excluding carboxylic acids is 2. The molecular formula is C26H23ClN4O2. The predicted molar refractivity (Wildman–Crippen MR) is 131 cm³/mol. The first-order valence-electron chi connectivity index (χ1n) is 10.5. The van der Waals surface area contributed by atoms with E-state index in [1.807, 2.05) is 56.3 Å². The summed E-state index contributed by atoms with van der Waals surface area (Å²) in [5, 5.41) is 6.13. The lowest BCUT2D eigenvalue weighted by atomic mass is 10.0. The van der Waals surface area contributed by atoms with Crippen LogP contribution in [-0.2, 0) is 0 Å². The fourth-order valence-electron chi connectivity index (χ4n) is 3.51. The maximum atomic E-state index is 12.9. The van der Waals surface area contributed by atoms with Crippen LogP contribution in [0.4, 0.5) is 16.2 Å². The van der Waals surface area contributed by atoms with E-state index in [0.717, 1.165) is 17.0 Å². The fourth-order valence-corrected chi connectivity index (χ4v) is 3.63. The zero-order valence-electron chi connectivity index (χ0n) is 18.2. The maximum Gasteiger partial charge on any atom is 0.323 e. The van der Waals surface area contributed by atoms with Crippen LogP contribution in [0.3, 0.4) is 0 Å². The molecule has 0 spiro atoms. The van der Waals surface area contributed by atoms with Gasteiger partial charge in [0.15, 0.2) is 0 Å². The van der Waals surface area contributed by atoms with Crippen LogP contribution in [0.1, 0.15) is 45.8 Å². The van der Waals surface area contributed by atoms with Gasteiger partial charge >= 0.3 is 6.03 Å². The van der Waals surface area contributed by atoms with E-state index in [9.17, 15) is 9.59 Å². The van der Waals surface area contributed by atoms with Crippen LogP contribution in [0.2, 0.25) is 5.02 Å². The minimum Gasteiger partial charge on any atom is -0.355 e. The first kappa shape index (κ1) is 22.3. The zero-order valence-corrected chi connectivity index (χ0v) is 19.0. The second-order valence-electron chi connectivity index (χ2n) is 7.76. The summed E-state index contributed by atoms with van der Waals surface area (Å²) >= 11 is 5.93. The van der Waals surface area contributed by atoms with Crippen molar-refractivity contribution in [2.75, 3.05) is 10.6 Å². The number of benzene rings is 2. The number of rotatable bonds is 6. The number of urea groups is 1. The molecule has 0 radical (unpaired) electrons. The number of halogens is 1. The molecule has 0 aliphatic heterocycles. The topological polar surface area (TPSA) is 86.9 Å². The highest BCUT2D eigenvalue weighted by Gasteiger charge is 2.19. The molecule has 2 heterocycles. The lowest BCUT2D eigenvalue weighted by Crippen LogP contribution is -2.19. The van der Waals surface area contributed by atoms with Crippen molar-refractivity contribution in [2.45, 2.75) is 19.8 Å². The van der Waals surface area contributed by atoms with E-state index in [1.165, 1.54) is 0 Å². The zero-order chi connectivity index (χ0) is 23.4. The van der Waals surface area contributed by atoms with Crippen LogP contribution in [-0.4, -0.2) is 21.8 Å². The summed E-state index contributed by atoms with van der Waals surface area (Å²) < 4.78 is 0. The number of amides is 2. The number of aromatic nitrogens is 2. The van der Waals surface area contributed by atoms with Crippen molar-refractivity contribution < 1.29 is 9.59 Å². The number of hydrogen-bond donors (Lipinski definition) is 3. The number of H-pyrrole nitrogens is 1. The molecule has 166 valence electrons. The van der Waals surface area contributed by atoms with Crippen LogP contribution >= 0.6 is 11.6 Å². The molecule has 1 atom stereocenters. The Kier molecular flexibility index (Phi) is 6.56. The Hall–Kier alpha value is -3.90. The molecule has 6 nitrogen and oxygen atoms in total. The number of pyridine rings is 1. The van der Waals surface area contributed by atoms with Gasteiger partial charge in [0, 0.05) is 33.6 Å². The number of nitrogens with one attached hydrogen (secondary N) is 3. The summed E-state index contributed by atoms with van der Waals surface area (Å²) in [6.07, 6.45) is 1.62. The van der Waals surface area contributed by atoms with Crippen LogP contribution in [0.5, 0.6) is 0 Å². The molecule has 0 bridgehead atoms. The molecule has 0 aliphatic rings. The second kappa shape index (κ2) is 9.71. The molecular weight excluding hydrogens is 436 g/mol. The number of aromatic amines is 1. The normalized spacial score (nSPS) is 11.6. The fraction of sp³-hybridized carbons (Fsp3) is 0.115. The molecule has 2 aromatic heterocycles. The van der Waals surface area contributed by atoms with E-state index < -0.39 is 0 Å². The summed E-state index contributed by atoms with van der Waals surface area (Å²) in [7, 11) is 0. The van der Waals surface area contributed by atoms with E-state index in [2.05, 4.69) is 20.6 Å². The number of nitrogens with zero attached hydrogens (tertiary/aromatic N) is 1. The Morgan fingerprint density at radius 2 is 1.64 bits per heavy atom. The van der Waals surface area contributed by atoms with Gasteiger partial charge in [-0.15, -0.1) is 0 Å². The minimum atomic E-state index is -0.339. The molecule has 0 fully saturated rings. The van der Waals surface area contributed by atoms with Crippen molar-refractivity contribution in [3.8, 4) is 0 Å². The van der Waals surface area contributed by atoms with Crippen molar-refractivity contribution in [3.05, 3.63) is 112 Å². The summed E-state index contributed by atoms with van der Waals surface area (Å²) in [4.78, 5) is 32.8. The van der Waals surface area contributed by atoms with Gasteiger partial charge in [0.05, 0.1) is 17.6 Å². The molecule has 4 aromatic rings. The van der Waals surface area contributed by atoms with Crippen molar-refractivity contribution in [1.82, 2.24) is 9.97 Å². The Bertz CT molecular complexity index is 1270. The largest absolute Gasteiger partial charge is 0.355 e. The van der Waals surface area contributed by atoms with Crippen molar-refractivity contribution in [2.24, 2.45) is 0 Å². The molecule has 0 saturated carbocycles. The number of carbonyl (C=O) groups is 2. The quantitative estimate of drug-likeness (QED) is 0.292. The highest BCUT2D eigenvalue weighted by molar-refractivity contribution is 6.30. The number of anilines is 2. The molecule has 3 N–H and O–H groups in total. The van der Waals surface area contributed by atoms with Crippen LogP contribution in [0, 0.1) is 6.92 Å². The van der Waals surface area contributed by atoms with Crippen LogP contribution < -0.4 is 10.6 Å². The van der Waals surface area contributed by atoms with Crippen molar-refractivity contribution >= 4 is 34.8 Å². The molecule has 4 rings (SSSR count).